The Morgan fingerprint density at radius 2 is 0.684 bits per heavy atom. The van der Waals surface area contributed by atoms with Gasteiger partial charge in [0, 0.05) is 33.0 Å². The first-order valence-corrected chi connectivity index (χ1v) is 11.9. The summed E-state index contributed by atoms with van der Waals surface area (Å²) in [5.74, 6) is -4.16. The van der Waals surface area contributed by atoms with Crippen LogP contribution in [-0.4, -0.2) is 57.5 Å². The van der Waals surface area contributed by atoms with E-state index in [9.17, 15) is 39.3 Å². The third-order valence-electron chi connectivity index (χ3n) is 7.41. The lowest BCUT2D eigenvalue weighted by Gasteiger charge is -2.29. The van der Waals surface area contributed by atoms with E-state index in [2.05, 4.69) is 0 Å². The molecule has 4 aromatic rings. The van der Waals surface area contributed by atoms with Crippen molar-refractivity contribution in [3.63, 3.8) is 0 Å². The number of hydrogen-bond acceptors (Lipinski definition) is 8. The van der Waals surface area contributed by atoms with Crippen LogP contribution in [-0.2, 0) is 0 Å². The van der Waals surface area contributed by atoms with E-state index < -0.39 is 49.2 Å². The van der Waals surface area contributed by atoms with Crippen LogP contribution in [0.4, 0.5) is 0 Å². The monoisotopic (exact) mass is 504 g/mol. The van der Waals surface area contributed by atoms with Crippen LogP contribution in [0.3, 0.4) is 0 Å². The highest BCUT2D eigenvalue weighted by Crippen LogP contribution is 2.43. The van der Waals surface area contributed by atoms with Gasteiger partial charge in [0.15, 0.2) is 23.1 Å². The molecule has 0 amide bonds. The molecule has 2 aliphatic carbocycles. The molecule has 0 spiro atoms. The molecule has 0 fully saturated rings. The fourth-order valence-electron chi connectivity index (χ4n) is 5.50. The largest absolute Gasteiger partial charge is 0.488 e. The van der Waals surface area contributed by atoms with Crippen LogP contribution in [0.15, 0.2) is 72.8 Å². The molecule has 0 bridgehead atoms. The van der Waals surface area contributed by atoms with Gasteiger partial charge >= 0.3 is 14.2 Å². The van der Waals surface area contributed by atoms with Gasteiger partial charge in [-0.3, -0.25) is 19.2 Å². The first-order chi connectivity index (χ1) is 18.2. The molecule has 6 rings (SSSR count). The zero-order valence-electron chi connectivity index (χ0n) is 19.7. The number of carbonyl (C=O) groups excluding carboxylic acids is 4. The van der Waals surface area contributed by atoms with Gasteiger partial charge in [0.25, 0.3) is 0 Å². The lowest BCUT2D eigenvalue weighted by Crippen LogP contribution is -2.33. The van der Waals surface area contributed by atoms with Crippen molar-refractivity contribution in [2.24, 2.45) is 0 Å². The van der Waals surface area contributed by atoms with E-state index in [0.717, 1.165) is 0 Å². The van der Waals surface area contributed by atoms with Gasteiger partial charge in [-0.2, -0.15) is 0 Å². The minimum Gasteiger partial charge on any atom is -0.423 e. The highest BCUT2D eigenvalue weighted by Gasteiger charge is 2.42. The summed E-state index contributed by atoms with van der Waals surface area (Å²) in [5.41, 5.74) is 2.16. The third kappa shape index (κ3) is 3.43. The maximum Gasteiger partial charge on any atom is 0.488 e. The van der Waals surface area contributed by atoms with Crippen LogP contribution in [0.25, 0.3) is 10.8 Å². The van der Waals surface area contributed by atoms with Gasteiger partial charge < -0.3 is 20.1 Å². The second-order valence-electron chi connectivity index (χ2n) is 9.48. The molecule has 0 atom stereocenters. The van der Waals surface area contributed by atoms with Crippen molar-refractivity contribution >= 4 is 59.1 Å². The second kappa shape index (κ2) is 8.68. The molecule has 8 nitrogen and oxygen atoms in total. The van der Waals surface area contributed by atoms with E-state index in [1.165, 1.54) is 72.8 Å². The third-order valence-corrected chi connectivity index (χ3v) is 7.41. The molecule has 4 N–H and O–H groups in total. The number of hydrogen-bond donors (Lipinski definition) is 4. The fraction of sp³-hybridized carbons (Fsp3) is 0.0714. The highest BCUT2D eigenvalue weighted by atomic mass is 16.4. The zero-order chi connectivity index (χ0) is 26.9. The number of benzene rings is 4. The van der Waals surface area contributed by atoms with Gasteiger partial charge in [-0.15, -0.1) is 0 Å². The molecule has 0 unspecified atom stereocenters. The second-order valence-corrected chi connectivity index (χ2v) is 9.48. The Hall–Kier alpha value is -4.21. The average Bonchev–Trinajstić information content (AvgIpc) is 2.91. The standard InChI is InChI=1S/C28H18B2O8/c31-25-17-9-11-19-24-20(28(34)22(27(19)33)14-3-7-16(8-4-14)30(37)38)12-10-18(23(17)24)26(32)21(25)13-1-5-15(6-2-13)29(35)36/h1-12,21-22,35-38H. The van der Waals surface area contributed by atoms with Crippen LogP contribution < -0.4 is 10.9 Å². The number of carbonyl (C=O) groups is 4. The van der Waals surface area contributed by atoms with E-state index in [0.29, 0.717) is 11.1 Å². The Kier molecular flexibility index (Phi) is 5.51. The lowest BCUT2D eigenvalue weighted by molar-refractivity contribution is 0.0835. The van der Waals surface area contributed by atoms with E-state index >= 15 is 0 Å². The molecule has 0 saturated heterocycles. The number of Topliss-reactive ketones (excluding diaryl/α,β-unsaturated/α-hetero) is 4. The Bertz CT molecular complexity index is 1490. The van der Waals surface area contributed by atoms with Crippen molar-refractivity contribution in [3.8, 4) is 0 Å². The first-order valence-electron chi connectivity index (χ1n) is 11.9. The van der Waals surface area contributed by atoms with Crippen molar-refractivity contribution < 1.29 is 39.3 Å². The number of ketones is 4. The topological polar surface area (TPSA) is 149 Å². The summed E-state index contributed by atoms with van der Waals surface area (Å²) in [6.45, 7) is 0. The van der Waals surface area contributed by atoms with E-state index in [4.69, 9.17) is 0 Å². The Morgan fingerprint density at radius 3 is 0.921 bits per heavy atom. The average molecular weight is 504 g/mol. The smallest absolute Gasteiger partial charge is 0.423 e. The Morgan fingerprint density at radius 1 is 0.421 bits per heavy atom. The normalized spacial score (nSPS) is 15.4. The van der Waals surface area contributed by atoms with Gasteiger partial charge in [0.1, 0.15) is 11.8 Å². The van der Waals surface area contributed by atoms with E-state index in [1.54, 1.807) is 0 Å². The van der Waals surface area contributed by atoms with Crippen LogP contribution in [0.5, 0.6) is 0 Å². The van der Waals surface area contributed by atoms with Crippen molar-refractivity contribution in [2.75, 3.05) is 0 Å². The van der Waals surface area contributed by atoms with Crippen LogP contribution in [0, 0.1) is 0 Å². The van der Waals surface area contributed by atoms with Crippen molar-refractivity contribution in [1.82, 2.24) is 0 Å². The molecular formula is C28H18B2O8. The highest BCUT2D eigenvalue weighted by molar-refractivity contribution is 6.59. The molecule has 0 heterocycles. The number of rotatable bonds is 4. The summed E-state index contributed by atoms with van der Waals surface area (Å²) >= 11 is 0. The summed E-state index contributed by atoms with van der Waals surface area (Å²) < 4.78 is 0. The van der Waals surface area contributed by atoms with E-state index in [1.807, 2.05) is 0 Å². The summed E-state index contributed by atoms with van der Waals surface area (Å²) in [4.78, 5) is 54.3. The molecule has 2 aliphatic rings. The Labute approximate surface area is 216 Å². The molecule has 0 saturated carbocycles. The van der Waals surface area contributed by atoms with Gasteiger partial charge in [0.05, 0.1) is 0 Å². The molecule has 4 aromatic carbocycles. The maximum atomic E-state index is 13.6. The van der Waals surface area contributed by atoms with Gasteiger partial charge in [-0.05, 0) is 46.3 Å². The first kappa shape index (κ1) is 24.1. The molecule has 184 valence electrons. The predicted octanol–water partition coefficient (Wildman–Crippen LogP) is 0.525. The summed E-state index contributed by atoms with van der Waals surface area (Å²) in [7, 11) is -3.37. The molecule has 0 aliphatic heterocycles. The minimum atomic E-state index is -1.68. The molecule has 10 heteroatoms. The molecule has 0 aromatic heterocycles. The fourth-order valence-corrected chi connectivity index (χ4v) is 5.50. The molecular weight excluding hydrogens is 486 g/mol. The summed E-state index contributed by atoms with van der Waals surface area (Å²) in [6.07, 6.45) is 0. The Balaban J connectivity index is 1.47. The summed E-state index contributed by atoms with van der Waals surface area (Å²) in [5, 5.41) is 38.0. The van der Waals surface area contributed by atoms with Crippen LogP contribution in [0.1, 0.15) is 64.4 Å². The van der Waals surface area contributed by atoms with Gasteiger partial charge in [-0.1, -0.05) is 48.5 Å². The molecule has 38 heavy (non-hydrogen) atoms. The van der Waals surface area contributed by atoms with Crippen LogP contribution in [0.2, 0.25) is 0 Å². The summed E-state index contributed by atoms with van der Waals surface area (Å²) in [6, 6.07) is 17.8. The lowest BCUT2D eigenvalue weighted by atomic mass is 9.70. The minimum absolute atomic E-state index is 0.220. The van der Waals surface area contributed by atoms with Gasteiger partial charge in [0.2, 0.25) is 0 Å². The van der Waals surface area contributed by atoms with Crippen molar-refractivity contribution in [3.05, 3.63) is 106 Å². The predicted molar refractivity (Wildman–Crippen MR) is 139 cm³/mol. The zero-order valence-corrected chi connectivity index (χ0v) is 19.7. The quantitative estimate of drug-likeness (QED) is 0.232. The van der Waals surface area contributed by atoms with Crippen molar-refractivity contribution in [2.45, 2.75) is 11.8 Å². The maximum absolute atomic E-state index is 13.6. The van der Waals surface area contributed by atoms with Gasteiger partial charge in [-0.25, -0.2) is 0 Å². The SMILES string of the molecule is O=C1c2ccc3c4c(ccc(c24)C(=O)C1c1ccc(B(O)O)cc1)C(=O)C(c1ccc(B(O)O)cc1)C3=O. The van der Waals surface area contributed by atoms with E-state index in [-0.39, 0.29) is 44.0 Å². The van der Waals surface area contributed by atoms with Crippen LogP contribution >= 0.6 is 0 Å². The molecule has 0 radical (unpaired) electrons. The van der Waals surface area contributed by atoms with Crippen molar-refractivity contribution in [1.29, 1.82) is 0 Å².